The molecule has 0 saturated heterocycles. The number of amides is 2. The van der Waals surface area contributed by atoms with Crippen LogP contribution in [-0.4, -0.2) is 35.6 Å². The minimum Gasteiger partial charge on any atom is -0.289 e. The summed E-state index contributed by atoms with van der Waals surface area (Å²) in [6.07, 6.45) is -0.0457. The lowest BCUT2D eigenvalue weighted by Gasteiger charge is -1.91. The Kier molecular flexibility index (Phi) is 13.7. The molecule has 8 heteroatoms. The fourth-order valence-corrected chi connectivity index (χ4v) is 0.425. The quantitative estimate of drug-likeness (QED) is 0.396. The summed E-state index contributed by atoms with van der Waals surface area (Å²) in [5.41, 5.74) is 2.68. The van der Waals surface area contributed by atoms with Crippen LogP contribution in [0.2, 0.25) is 0 Å². The Morgan fingerprint density at radius 1 is 0.933 bits per heavy atom. The summed E-state index contributed by atoms with van der Waals surface area (Å²) in [5, 5.41) is 15.5. The van der Waals surface area contributed by atoms with Gasteiger partial charge in [-0.1, -0.05) is 0 Å². The maximum absolute atomic E-state index is 11.2. The lowest BCUT2D eigenvalue weighted by atomic mass is 10.3. The van der Waals surface area contributed by atoms with Crippen LogP contribution in [0.1, 0.15) is 19.3 Å². The van der Waals surface area contributed by atoms with Gasteiger partial charge in [0, 0.05) is 6.42 Å². The highest BCUT2D eigenvalue weighted by molar-refractivity contribution is 5.74. The number of carbonyl (C=O) groups is 2. The number of halogens is 2. The van der Waals surface area contributed by atoms with Crippen molar-refractivity contribution in [3.8, 4) is 0 Å². The van der Waals surface area contributed by atoms with Gasteiger partial charge in [-0.3, -0.25) is 28.8 Å². The van der Waals surface area contributed by atoms with Crippen molar-refractivity contribution >= 4 is 11.8 Å². The van der Waals surface area contributed by atoms with Crippen LogP contribution in [0.5, 0.6) is 0 Å². The van der Waals surface area contributed by atoms with Crippen molar-refractivity contribution in [2.24, 2.45) is 0 Å². The summed E-state index contributed by atoms with van der Waals surface area (Å²) >= 11 is 0. The van der Waals surface area contributed by atoms with Crippen molar-refractivity contribution < 1.29 is 28.8 Å². The van der Waals surface area contributed by atoms with E-state index >= 15 is 0 Å². The molecule has 6 nitrogen and oxygen atoms in total. The van der Waals surface area contributed by atoms with E-state index in [1.165, 1.54) is 11.0 Å². The van der Waals surface area contributed by atoms with Crippen LogP contribution in [-0.2, 0) is 9.59 Å². The second kappa shape index (κ2) is 12.7. The second-order valence-electron chi connectivity index (χ2n) is 2.30. The largest absolute Gasteiger partial charge is 0.289 e. The van der Waals surface area contributed by atoms with Gasteiger partial charge in [0.15, 0.2) is 0 Å². The topological polar surface area (TPSA) is 98.7 Å². The van der Waals surface area contributed by atoms with Crippen LogP contribution in [0, 0.1) is 0 Å². The van der Waals surface area contributed by atoms with Gasteiger partial charge < -0.3 is 0 Å². The lowest BCUT2D eigenvalue weighted by molar-refractivity contribution is -0.130. The Morgan fingerprint density at radius 3 is 1.67 bits per heavy atom. The number of carbonyl (C=O) groups excluding carboxylic acids is 2. The van der Waals surface area contributed by atoms with E-state index in [-0.39, 0.29) is 19.3 Å². The van der Waals surface area contributed by atoms with E-state index in [1.54, 1.807) is 0 Å². The average molecular weight is 228 g/mol. The first kappa shape index (κ1) is 16.2. The molecule has 0 aliphatic rings. The minimum absolute atomic E-state index is 0.0486. The molecule has 2 amide bonds. The van der Waals surface area contributed by atoms with Gasteiger partial charge in [-0.2, -0.15) is 0 Å². The Bertz CT molecular complexity index is 180. The highest BCUT2D eigenvalue weighted by atomic mass is 19.1. The number of alkyl halides is 2. The van der Waals surface area contributed by atoms with Gasteiger partial charge >= 0.3 is 0 Å². The van der Waals surface area contributed by atoms with Gasteiger partial charge in [0.25, 0.3) is 0 Å². The molecule has 0 aromatic rings. The van der Waals surface area contributed by atoms with E-state index in [0.29, 0.717) is 0 Å². The Hall–Kier alpha value is -1.28. The monoisotopic (exact) mass is 228 g/mol. The zero-order valence-corrected chi connectivity index (χ0v) is 8.00. The molecule has 0 aliphatic carbocycles. The Morgan fingerprint density at radius 2 is 1.40 bits per heavy atom. The first-order valence-electron chi connectivity index (χ1n) is 4.10. The summed E-state index contributed by atoms with van der Waals surface area (Å²) < 4.78 is 22.3. The van der Waals surface area contributed by atoms with Crippen LogP contribution in [0.25, 0.3) is 0 Å². The normalized spacial score (nSPS) is 8.53. The molecule has 0 atom stereocenters. The van der Waals surface area contributed by atoms with Crippen molar-refractivity contribution in [2.45, 2.75) is 19.3 Å². The van der Waals surface area contributed by atoms with Crippen LogP contribution in [0.4, 0.5) is 8.78 Å². The smallest absolute Gasteiger partial charge is 0.245 e. The van der Waals surface area contributed by atoms with Crippen molar-refractivity contribution in [3.05, 3.63) is 0 Å². The number of hydroxylamine groups is 2. The summed E-state index contributed by atoms with van der Waals surface area (Å²) in [5.74, 6) is -1.23. The van der Waals surface area contributed by atoms with E-state index in [0.717, 1.165) is 0 Å². The summed E-state index contributed by atoms with van der Waals surface area (Å²) in [6, 6.07) is 0. The number of hydrogen-bond donors (Lipinski definition) is 4. The van der Waals surface area contributed by atoms with Gasteiger partial charge in [-0.05, 0) is 6.42 Å². The molecular weight excluding hydrogens is 214 g/mol. The van der Waals surface area contributed by atoms with Gasteiger partial charge in [0.1, 0.15) is 0 Å². The predicted octanol–water partition coefficient (Wildman–Crippen LogP) is 0.0929. The zero-order chi connectivity index (χ0) is 12.1. The molecule has 0 bridgehead atoms. The molecule has 0 unspecified atom stereocenters. The molecule has 0 rings (SSSR count). The van der Waals surface area contributed by atoms with Crippen molar-refractivity contribution in [1.82, 2.24) is 11.0 Å². The third-order valence-corrected chi connectivity index (χ3v) is 1.11. The maximum atomic E-state index is 11.2. The van der Waals surface area contributed by atoms with E-state index in [9.17, 15) is 18.4 Å². The first-order valence-corrected chi connectivity index (χ1v) is 4.10. The molecule has 4 N–H and O–H groups in total. The number of hydrogen-bond acceptors (Lipinski definition) is 4. The highest BCUT2D eigenvalue weighted by Gasteiger charge is 1.95. The van der Waals surface area contributed by atoms with Crippen molar-refractivity contribution in [1.29, 1.82) is 0 Å². The van der Waals surface area contributed by atoms with Crippen LogP contribution in [0.15, 0.2) is 0 Å². The van der Waals surface area contributed by atoms with Crippen LogP contribution in [0.3, 0.4) is 0 Å². The Balaban J connectivity index is 0. The number of rotatable bonds is 5. The maximum Gasteiger partial charge on any atom is 0.245 e. The van der Waals surface area contributed by atoms with Crippen LogP contribution < -0.4 is 11.0 Å². The molecule has 90 valence electrons. The second-order valence-corrected chi connectivity index (χ2v) is 2.30. The molecule has 0 aromatic carbocycles. The first-order chi connectivity index (χ1) is 7.12. The van der Waals surface area contributed by atoms with E-state index < -0.39 is 25.2 Å². The van der Waals surface area contributed by atoms with Crippen molar-refractivity contribution in [3.63, 3.8) is 0 Å². The molecule has 0 heterocycles. The zero-order valence-electron chi connectivity index (χ0n) is 8.00. The fraction of sp³-hybridized carbons (Fsp3) is 0.714. The summed E-state index contributed by atoms with van der Waals surface area (Å²) in [4.78, 5) is 19.9. The number of nitrogens with one attached hydrogen (secondary N) is 2. The third-order valence-electron chi connectivity index (χ3n) is 1.11. The predicted molar refractivity (Wildman–Crippen MR) is 45.7 cm³/mol. The molecule has 0 spiro atoms. The van der Waals surface area contributed by atoms with E-state index in [1.807, 2.05) is 0 Å². The fourth-order valence-electron chi connectivity index (χ4n) is 0.425. The minimum atomic E-state index is -0.730. The molecule has 0 aliphatic heterocycles. The highest BCUT2D eigenvalue weighted by Crippen LogP contribution is 1.87. The average Bonchev–Trinajstić information content (AvgIpc) is 2.26. The summed E-state index contributed by atoms with van der Waals surface area (Å²) in [6.45, 7) is -1.25. The van der Waals surface area contributed by atoms with Gasteiger partial charge in [0.2, 0.25) is 11.8 Å². The van der Waals surface area contributed by atoms with Gasteiger partial charge in [-0.15, -0.1) is 0 Å². The van der Waals surface area contributed by atoms with Crippen LogP contribution >= 0.6 is 0 Å². The third kappa shape index (κ3) is 15.5. The standard InChI is InChI=1S/C4H8FNO2.C3H6FNO2/c5-3-1-2-4(7)6-8;4-2-1-3(6)5-7/h8H,1-3H2,(H,6,7);7H,1-2H2,(H,5,6). The lowest BCUT2D eigenvalue weighted by Crippen LogP contribution is -2.18. The molecule has 0 radical (unpaired) electrons. The molecule has 0 saturated carbocycles. The van der Waals surface area contributed by atoms with Crippen molar-refractivity contribution in [2.75, 3.05) is 13.3 Å². The SMILES string of the molecule is O=C(CCCF)NO.O=C(CCF)NO. The summed E-state index contributed by atoms with van der Waals surface area (Å²) in [7, 11) is 0. The molecule has 0 aromatic heterocycles. The van der Waals surface area contributed by atoms with E-state index in [4.69, 9.17) is 10.4 Å². The van der Waals surface area contributed by atoms with E-state index in [2.05, 4.69) is 0 Å². The Labute approximate surface area is 85.2 Å². The molecule has 0 fully saturated rings. The molecule has 15 heavy (non-hydrogen) atoms. The molecular formula is C7H14F2N2O4. The van der Waals surface area contributed by atoms with Gasteiger partial charge in [0.05, 0.1) is 19.8 Å². The van der Waals surface area contributed by atoms with Gasteiger partial charge in [-0.25, -0.2) is 11.0 Å².